The maximum absolute atomic E-state index is 14.1. The van der Waals surface area contributed by atoms with E-state index in [-0.39, 0.29) is 30.3 Å². The Labute approximate surface area is 255 Å². The van der Waals surface area contributed by atoms with Gasteiger partial charge in [0.15, 0.2) is 0 Å². The van der Waals surface area contributed by atoms with Crippen LogP contribution in [0.1, 0.15) is 62.9 Å². The normalized spacial score (nSPS) is 14.2. The minimum absolute atomic E-state index is 0. The molecular weight excluding hydrogens is 544 g/mol. The Kier molecular flexibility index (Phi) is 10.6. The summed E-state index contributed by atoms with van der Waals surface area (Å²) in [5, 5.41) is 0. The van der Waals surface area contributed by atoms with E-state index in [0.717, 1.165) is 43.5 Å². The number of halogens is 1. The molecule has 5 rings (SSSR count). The van der Waals surface area contributed by atoms with E-state index in [9.17, 15) is 9.59 Å². The molecule has 0 saturated carbocycles. The Balaban J connectivity index is 0.00000405. The van der Waals surface area contributed by atoms with Crippen LogP contribution in [0.4, 0.5) is 5.69 Å². The molecule has 2 heterocycles. The average Bonchev–Trinajstić information content (AvgIpc) is 3.39. The molecular formula is C35H41ClN4O2. The van der Waals surface area contributed by atoms with Crippen molar-refractivity contribution in [1.82, 2.24) is 9.47 Å². The van der Waals surface area contributed by atoms with Crippen LogP contribution < -0.4 is 10.6 Å². The van der Waals surface area contributed by atoms with Gasteiger partial charge in [-0.1, -0.05) is 80.1 Å². The molecule has 1 aliphatic heterocycles. The van der Waals surface area contributed by atoms with Crippen molar-refractivity contribution in [2.45, 2.75) is 58.7 Å². The third-order valence-corrected chi connectivity index (χ3v) is 8.14. The van der Waals surface area contributed by atoms with Crippen molar-refractivity contribution in [1.29, 1.82) is 0 Å². The Morgan fingerprint density at radius 2 is 1.64 bits per heavy atom. The van der Waals surface area contributed by atoms with E-state index in [0.29, 0.717) is 36.4 Å². The molecule has 2 amide bonds. The number of aryl methyl sites for hydroxylation is 3. The highest BCUT2D eigenvalue weighted by Crippen LogP contribution is 2.29. The Morgan fingerprint density at radius 1 is 0.952 bits per heavy atom. The molecule has 7 heteroatoms. The molecule has 220 valence electrons. The monoisotopic (exact) mass is 584 g/mol. The van der Waals surface area contributed by atoms with Crippen molar-refractivity contribution in [3.63, 3.8) is 0 Å². The Hall–Kier alpha value is -3.87. The fraction of sp³-hybridized carbons (Fsp3) is 0.314. The van der Waals surface area contributed by atoms with Crippen molar-refractivity contribution >= 4 is 29.9 Å². The van der Waals surface area contributed by atoms with Gasteiger partial charge in [0.25, 0.3) is 11.8 Å². The first kappa shape index (κ1) is 31.1. The number of hydrogen-bond acceptors (Lipinski definition) is 3. The first-order valence-electron chi connectivity index (χ1n) is 14.7. The Morgan fingerprint density at radius 3 is 2.38 bits per heavy atom. The number of benzene rings is 3. The summed E-state index contributed by atoms with van der Waals surface area (Å²) in [6, 6.07) is 28.0. The van der Waals surface area contributed by atoms with Gasteiger partial charge in [0.05, 0.1) is 16.8 Å². The first-order valence-corrected chi connectivity index (χ1v) is 14.7. The lowest BCUT2D eigenvalue weighted by Gasteiger charge is -2.37. The number of anilines is 1. The minimum atomic E-state index is -0.0912. The molecule has 0 fully saturated rings. The van der Waals surface area contributed by atoms with Crippen LogP contribution in [-0.2, 0) is 25.9 Å². The lowest BCUT2D eigenvalue weighted by molar-refractivity contribution is 0.0648. The van der Waals surface area contributed by atoms with Crippen molar-refractivity contribution in [2.75, 3.05) is 18.0 Å². The number of nitrogens with two attached hydrogens (primary N) is 1. The predicted molar refractivity (Wildman–Crippen MR) is 172 cm³/mol. The summed E-state index contributed by atoms with van der Waals surface area (Å²) in [5.74, 6) is -0.170. The summed E-state index contributed by atoms with van der Waals surface area (Å²) in [7, 11) is 0. The van der Waals surface area contributed by atoms with Gasteiger partial charge >= 0.3 is 0 Å². The number of carbonyl (C=O) groups is 2. The number of amides is 2. The van der Waals surface area contributed by atoms with Crippen LogP contribution in [0.3, 0.4) is 0 Å². The van der Waals surface area contributed by atoms with Gasteiger partial charge in [-0.3, -0.25) is 9.59 Å². The quantitative estimate of drug-likeness (QED) is 0.233. The van der Waals surface area contributed by atoms with Crippen LogP contribution in [0, 0.1) is 6.92 Å². The lowest BCUT2D eigenvalue weighted by Crippen LogP contribution is -2.48. The van der Waals surface area contributed by atoms with Gasteiger partial charge in [-0.2, -0.15) is 0 Å². The Bertz CT molecular complexity index is 1500. The second kappa shape index (κ2) is 14.3. The van der Waals surface area contributed by atoms with Crippen molar-refractivity contribution in [3.8, 4) is 0 Å². The van der Waals surface area contributed by atoms with Crippen LogP contribution in [0.5, 0.6) is 0 Å². The van der Waals surface area contributed by atoms with Crippen LogP contribution in [0.15, 0.2) is 91.1 Å². The summed E-state index contributed by atoms with van der Waals surface area (Å²) in [6.45, 7) is 6.38. The molecule has 0 aliphatic carbocycles. The second-order valence-corrected chi connectivity index (χ2v) is 10.9. The van der Waals surface area contributed by atoms with E-state index in [1.54, 1.807) is 4.90 Å². The molecule has 2 N–H and O–H groups in total. The summed E-state index contributed by atoms with van der Waals surface area (Å²) in [4.78, 5) is 31.9. The zero-order valence-corrected chi connectivity index (χ0v) is 25.4. The summed E-state index contributed by atoms with van der Waals surface area (Å²) >= 11 is 0. The van der Waals surface area contributed by atoms with Crippen molar-refractivity contribution < 1.29 is 9.59 Å². The number of hydrogen-bond donors (Lipinski definition) is 1. The van der Waals surface area contributed by atoms with Crippen LogP contribution in [0.2, 0.25) is 0 Å². The van der Waals surface area contributed by atoms with Crippen molar-refractivity contribution in [2.24, 2.45) is 5.73 Å². The molecule has 1 aromatic heterocycles. The van der Waals surface area contributed by atoms with E-state index in [1.165, 1.54) is 11.1 Å². The van der Waals surface area contributed by atoms with Gasteiger partial charge in [0.1, 0.15) is 0 Å². The molecule has 0 radical (unpaired) electrons. The maximum Gasteiger partial charge on any atom is 0.259 e. The van der Waals surface area contributed by atoms with Crippen LogP contribution in [0.25, 0.3) is 0 Å². The number of rotatable bonds is 10. The molecule has 1 atom stereocenters. The molecule has 0 bridgehead atoms. The fourth-order valence-electron chi connectivity index (χ4n) is 5.75. The van der Waals surface area contributed by atoms with E-state index in [1.807, 2.05) is 66.6 Å². The average molecular weight is 585 g/mol. The molecule has 42 heavy (non-hydrogen) atoms. The lowest BCUT2D eigenvalue weighted by atomic mass is 9.93. The number of para-hydroxylation sites is 1. The summed E-state index contributed by atoms with van der Waals surface area (Å²) in [6.07, 6.45) is 5.35. The molecule has 1 aliphatic rings. The molecule has 6 nitrogen and oxygen atoms in total. The summed E-state index contributed by atoms with van der Waals surface area (Å²) < 4.78 is 2.15. The second-order valence-electron chi connectivity index (χ2n) is 10.9. The number of fused-ring (bicyclic) bond motifs is 1. The van der Waals surface area contributed by atoms with Gasteiger partial charge in [0, 0.05) is 44.1 Å². The third-order valence-electron chi connectivity index (χ3n) is 8.14. The predicted octanol–water partition coefficient (Wildman–Crippen LogP) is 6.43. The van der Waals surface area contributed by atoms with Gasteiger partial charge in [-0.25, -0.2) is 0 Å². The van der Waals surface area contributed by atoms with E-state index < -0.39 is 0 Å². The summed E-state index contributed by atoms with van der Waals surface area (Å²) in [5.41, 5.74) is 12.7. The SMILES string of the molecule is CCCCN(C(=O)c1cc(C)n(CCc2ccccc2)c1)c1ccccc1C(=O)N1Cc2ccccc2C[C@H]1CN.Cl. The van der Waals surface area contributed by atoms with Gasteiger partial charge < -0.3 is 20.1 Å². The molecule has 4 aromatic rings. The number of aromatic nitrogens is 1. The maximum atomic E-state index is 14.1. The highest BCUT2D eigenvalue weighted by molar-refractivity contribution is 6.10. The van der Waals surface area contributed by atoms with E-state index in [4.69, 9.17) is 5.73 Å². The third kappa shape index (κ3) is 6.77. The standard InChI is InChI=1S/C35H40N4O2.ClH/c1-3-4-19-38(34(40)30-21-26(2)37(24-30)20-18-27-12-6-5-7-13-27)33-17-11-10-16-32(33)35(41)39-25-29-15-9-8-14-28(29)22-31(39)23-36;/h5-17,21,24,31H,3-4,18-20,22-23,25,36H2,1-2H3;1H/t31-;/m0./s1. The van der Waals surface area contributed by atoms with Crippen LogP contribution >= 0.6 is 12.4 Å². The van der Waals surface area contributed by atoms with Crippen LogP contribution in [-0.4, -0.2) is 40.4 Å². The minimum Gasteiger partial charge on any atom is -0.351 e. The fourth-order valence-corrected chi connectivity index (χ4v) is 5.75. The number of unbranched alkanes of at least 4 members (excludes halogenated alkanes) is 1. The molecule has 0 unspecified atom stereocenters. The number of nitrogens with zero attached hydrogens (tertiary/aromatic N) is 3. The zero-order valence-electron chi connectivity index (χ0n) is 24.5. The molecule has 0 spiro atoms. The van der Waals surface area contributed by atoms with E-state index in [2.05, 4.69) is 47.9 Å². The zero-order chi connectivity index (χ0) is 28.8. The highest BCUT2D eigenvalue weighted by Gasteiger charge is 2.32. The number of carbonyl (C=O) groups excluding carboxylic acids is 2. The topological polar surface area (TPSA) is 71.6 Å². The van der Waals surface area contributed by atoms with E-state index >= 15 is 0 Å². The van der Waals surface area contributed by atoms with Crippen molar-refractivity contribution in [3.05, 3.63) is 125 Å². The largest absolute Gasteiger partial charge is 0.351 e. The van der Waals surface area contributed by atoms with Gasteiger partial charge in [0.2, 0.25) is 0 Å². The molecule has 3 aromatic carbocycles. The smallest absolute Gasteiger partial charge is 0.259 e. The van der Waals surface area contributed by atoms with Gasteiger partial charge in [-0.05, 0) is 61.1 Å². The molecule has 0 saturated heterocycles. The highest BCUT2D eigenvalue weighted by atomic mass is 35.5. The first-order chi connectivity index (χ1) is 20.0. The van der Waals surface area contributed by atoms with Gasteiger partial charge in [-0.15, -0.1) is 12.4 Å².